The van der Waals surface area contributed by atoms with Gasteiger partial charge in [-0.05, 0) is 12.1 Å². The van der Waals surface area contributed by atoms with Crippen LogP contribution in [0.25, 0.3) is 21.5 Å². The summed E-state index contributed by atoms with van der Waals surface area (Å²) >= 11 is 1.37. The fourth-order valence-electron chi connectivity index (χ4n) is 2.49. The number of rotatable bonds is 4. The molecule has 7 nitrogen and oxygen atoms in total. The summed E-state index contributed by atoms with van der Waals surface area (Å²) in [5.41, 5.74) is 3.08. The summed E-state index contributed by atoms with van der Waals surface area (Å²) in [6.45, 7) is 0.271. The largest absolute Gasteiger partial charge is 0.344 e. The lowest BCUT2D eigenvalue weighted by Gasteiger charge is -2.06. The third kappa shape index (κ3) is 3.11. The Morgan fingerprint density at radius 2 is 2.08 bits per heavy atom. The molecule has 25 heavy (non-hydrogen) atoms. The van der Waals surface area contributed by atoms with Crippen molar-refractivity contribution in [2.24, 2.45) is 7.05 Å². The molecule has 0 aliphatic rings. The molecule has 8 heteroatoms. The maximum absolute atomic E-state index is 12.4. The zero-order valence-corrected chi connectivity index (χ0v) is 14.2. The van der Waals surface area contributed by atoms with E-state index in [0.29, 0.717) is 16.4 Å². The van der Waals surface area contributed by atoms with Crippen molar-refractivity contribution in [2.45, 2.75) is 6.54 Å². The lowest BCUT2D eigenvalue weighted by atomic mass is 10.2. The summed E-state index contributed by atoms with van der Waals surface area (Å²) in [6.07, 6.45) is 6.83. The van der Waals surface area contributed by atoms with E-state index in [0.717, 1.165) is 15.8 Å². The van der Waals surface area contributed by atoms with Crippen molar-refractivity contribution >= 4 is 27.5 Å². The third-order valence-electron chi connectivity index (χ3n) is 3.66. The standard InChI is InChI=1S/C17H14N6OS/c1-23-10-11(8-21-23)15-13(18-6-7-19-15)9-20-16(24)17-22-12-4-2-3-5-14(12)25-17/h2-8,10H,9H2,1H3,(H,20,24). The van der Waals surface area contributed by atoms with Gasteiger partial charge in [0.05, 0.1) is 34.3 Å². The van der Waals surface area contributed by atoms with E-state index in [2.05, 4.69) is 25.4 Å². The molecular formula is C17H14N6OS. The molecule has 0 radical (unpaired) electrons. The molecule has 124 valence electrons. The van der Waals surface area contributed by atoms with Crippen molar-refractivity contribution in [3.63, 3.8) is 0 Å². The Labute approximate surface area is 147 Å². The van der Waals surface area contributed by atoms with Crippen LogP contribution >= 0.6 is 11.3 Å². The number of benzene rings is 1. The van der Waals surface area contributed by atoms with Gasteiger partial charge in [0.2, 0.25) is 0 Å². The van der Waals surface area contributed by atoms with Gasteiger partial charge in [-0.25, -0.2) is 4.98 Å². The average molecular weight is 350 g/mol. The summed E-state index contributed by atoms with van der Waals surface area (Å²) in [7, 11) is 1.84. The van der Waals surface area contributed by atoms with E-state index in [1.54, 1.807) is 23.3 Å². The number of para-hydroxylation sites is 1. The molecule has 4 rings (SSSR count). The van der Waals surface area contributed by atoms with Crippen LogP contribution in [0.2, 0.25) is 0 Å². The smallest absolute Gasteiger partial charge is 0.280 e. The minimum absolute atomic E-state index is 0.219. The first kappa shape index (κ1) is 15.4. The molecule has 3 heterocycles. The molecule has 1 aromatic carbocycles. The van der Waals surface area contributed by atoms with Crippen LogP contribution in [0, 0.1) is 0 Å². The molecule has 0 aliphatic heterocycles. The molecule has 0 spiro atoms. The Hall–Kier alpha value is -3.13. The number of hydrogen-bond donors (Lipinski definition) is 1. The van der Waals surface area contributed by atoms with E-state index in [9.17, 15) is 4.79 Å². The quantitative estimate of drug-likeness (QED) is 0.611. The minimum atomic E-state index is -0.219. The molecule has 0 fully saturated rings. The lowest BCUT2D eigenvalue weighted by Crippen LogP contribution is -2.23. The minimum Gasteiger partial charge on any atom is -0.344 e. The second kappa shape index (κ2) is 6.40. The molecular weight excluding hydrogens is 336 g/mol. The van der Waals surface area contributed by atoms with E-state index in [4.69, 9.17) is 0 Å². The van der Waals surface area contributed by atoms with E-state index < -0.39 is 0 Å². The Balaban J connectivity index is 1.54. The van der Waals surface area contributed by atoms with Crippen LogP contribution in [0.1, 0.15) is 15.5 Å². The molecule has 0 unspecified atom stereocenters. The van der Waals surface area contributed by atoms with Crippen molar-refractivity contribution in [1.29, 1.82) is 0 Å². The number of carbonyl (C=O) groups is 1. The number of hydrogen-bond acceptors (Lipinski definition) is 6. The predicted octanol–water partition coefficient (Wildman–Crippen LogP) is 2.42. The number of carbonyl (C=O) groups excluding carboxylic acids is 1. The summed E-state index contributed by atoms with van der Waals surface area (Å²) in [5.74, 6) is -0.219. The number of aromatic nitrogens is 5. The normalized spacial score (nSPS) is 10.9. The first-order valence-electron chi connectivity index (χ1n) is 7.63. The molecule has 0 saturated heterocycles. The maximum atomic E-state index is 12.4. The van der Waals surface area contributed by atoms with Crippen LogP contribution in [-0.2, 0) is 13.6 Å². The summed E-state index contributed by atoms with van der Waals surface area (Å²) < 4.78 is 2.69. The maximum Gasteiger partial charge on any atom is 0.280 e. The van der Waals surface area contributed by atoms with Gasteiger partial charge in [-0.15, -0.1) is 11.3 Å². The van der Waals surface area contributed by atoms with Crippen LogP contribution in [0.4, 0.5) is 0 Å². The molecule has 0 atom stereocenters. The molecule has 0 saturated carbocycles. The van der Waals surface area contributed by atoms with E-state index in [1.807, 2.05) is 37.5 Å². The third-order valence-corrected chi connectivity index (χ3v) is 4.69. The zero-order chi connectivity index (χ0) is 17.2. The highest BCUT2D eigenvalue weighted by molar-refractivity contribution is 7.20. The summed E-state index contributed by atoms with van der Waals surface area (Å²) in [4.78, 5) is 25.5. The number of amides is 1. The van der Waals surface area contributed by atoms with Gasteiger partial charge in [0.1, 0.15) is 0 Å². The fourth-order valence-corrected chi connectivity index (χ4v) is 3.37. The van der Waals surface area contributed by atoms with Gasteiger partial charge in [-0.3, -0.25) is 19.4 Å². The molecule has 1 N–H and O–H groups in total. The van der Waals surface area contributed by atoms with E-state index in [1.165, 1.54) is 11.3 Å². The van der Waals surface area contributed by atoms with Crippen LogP contribution < -0.4 is 5.32 Å². The van der Waals surface area contributed by atoms with Crippen molar-refractivity contribution < 1.29 is 4.79 Å². The van der Waals surface area contributed by atoms with Gasteiger partial charge in [0.25, 0.3) is 5.91 Å². The van der Waals surface area contributed by atoms with Gasteiger partial charge in [0, 0.05) is 31.2 Å². The average Bonchev–Trinajstić information content (AvgIpc) is 3.26. The van der Waals surface area contributed by atoms with Crippen LogP contribution in [0.5, 0.6) is 0 Å². The first-order chi connectivity index (χ1) is 12.2. The Bertz CT molecular complexity index is 1020. The number of fused-ring (bicyclic) bond motifs is 1. The predicted molar refractivity (Wildman–Crippen MR) is 95.0 cm³/mol. The highest BCUT2D eigenvalue weighted by atomic mass is 32.1. The molecule has 3 aromatic heterocycles. The van der Waals surface area contributed by atoms with Crippen molar-refractivity contribution in [1.82, 2.24) is 30.0 Å². The van der Waals surface area contributed by atoms with Crippen molar-refractivity contribution in [3.05, 3.63) is 59.8 Å². The molecule has 1 amide bonds. The summed E-state index contributed by atoms with van der Waals surface area (Å²) in [6, 6.07) is 7.68. The van der Waals surface area contributed by atoms with Gasteiger partial charge in [0.15, 0.2) is 5.01 Å². The van der Waals surface area contributed by atoms with Gasteiger partial charge in [-0.1, -0.05) is 12.1 Å². The van der Waals surface area contributed by atoms with Crippen molar-refractivity contribution in [3.8, 4) is 11.3 Å². The number of nitrogens with zero attached hydrogens (tertiary/aromatic N) is 5. The monoisotopic (exact) mass is 350 g/mol. The van der Waals surface area contributed by atoms with Gasteiger partial charge in [-0.2, -0.15) is 5.10 Å². The molecule has 4 aromatic rings. The Kier molecular flexibility index (Phi) is 3.95. The fraction of sp³-hybridized carbons (Fsp3) is 0.118. The number of nitrogens with one attached hydrogen (secondary N) is 1. The molecule has 0 bridgehead atoms. The Morgan fingerprint density at radius 1 is 1.24 bits per heavy atom. The van der Waals surface area contributed by atoms with Gasteiger partial charge < -0.3 is 5.32 Å². The first-order valence-corrected chi connectivity index (χ1v) is 8.45. The Morgan fingerprint density at radius 3 is 2.88 bits per heavy atom. The SMILES string of the molecule is Cn1cc(-c2nccnc2CNC(=O)c2nc3ccccc3s2)cn1. The highest BCUT2D eigenvalue weighted by Crippen LogP contribution is 2.22. The van der Waals surface area contributed by atoms with Crippen molar-refractivity contribution in [2.75, 3.05) is 0 Å². The summed E-state index contributed by atoms with van der Waals surface area (Å²) in [5, 5.41) is 7.46. The highest BCUT2D eigenvalue weighted by Gasteiger charge is 2.14. The number of thiazole rings is 1. The van der Waals surface area contributed by atoms with E-state index >= 15 is 0 Å². The zero-order valence-electron chi connectivity index (χ0n) is 13.4. The molecule has 0 aliphatic carbocycles. The second-order valence-electron chi connectivity index (χ2n) is 5.42. The topological polar surface area (TPSA) is 85.6 Å². The van der Waals surface area contributed by atoms with Crippen LogP contribution in [0.15, 0.2) is 49.1 Å². The van der Waals surface area contributed by atoms with Crippen LogP contribution in [-0.4, -0.2) is 30.6 Å². The van der Waals surface area contributed by atoms with Crippen LogP contribution in [0.3, 0.4) is 0 Å². The second-order valence-corrected chi connectivity index (χ2v) is 6.45. The van der Waals surface area contributed by atoms with E-state index in [-0.39, 0.29) is 12.5 Å². The van der Waals surface area contributed by atoms with Gasteiger partial charge >= 0.3 is 0 Å². The number of aryl methyl sites for hydroxylation is 1. The lowest BCUT2D eigenvalue weighted by molar-refractivity contribution is 0.0950.